The molecule has 1 N–H and O–H groups in total. The molecule has 0 saturated carbocycles. The second kappa shape index (κ2) is 8.34. The number of Topliss-reactive ketones (excluding diaryl/α,β-unsaturated/α-hetero) is 1. The highest BCUT2D eigenvalue weighted by molar-refractivity contribution is 7.14. The largest absolute Gasteiger partial charge is 0.503 e. The lowest BCUT2D eigenvalue weighted by molar-refractivity contribution is -0.130. The van der Waals surface area contributed by atoms with E-state index in [0.29, 0.717) is 17.2 Å². The van der Waals surface area contributed by atoms with Crippen molar-refractivity contribution in [1.29, 1.82) is 0 Å². The van der Waals surface area contributed by atoms with Gasteiger partial charge in [0.1, 0.15) is 0 Å². The fourth-order valence-corrected chi connectivity index (χ4v) is 4.35. The maximum absolute atomic E-state index is 13.3. The normalized spacial score (nSPS) is 16.7. The standard InChI is InChI=1S/C21H25N3O4S/c1-12-20(29-13(2)22-12)18(25)16-17(14-6-8-15(9-7-14)23(3)4)24(10-11-28-5)21(27)19(16)26/h6-9,17,26H,10-11H2,1-5H3. The van der Waals surface area contributed by atoms with Crippen LogP contribution in [0.4, 0.5) is 5.69 Å². The fourth-order valence-electron chi connectivity index (χ4n) is 3.47. The summed E-state index contributed by atoms with van der Waals surface area (Å²) in [7, 11) is 5.42. The Labute approximate surface area is 174 Å². The fraction of sp³-hybridized carbons (Fsp3) is 0.381. The van der Waals surface area contributed by atoms with Gasteiger partial charge in [0.2, 0.25) is 5.78 Å². The lowest BCUT2D eigenvalue weighted by atomic mass is 9.95. The van der Waals surface area contributed by atoms with E-state index in [4.69, 9.17) is 4.74 Å². The van der Waals surface area contributed by atoms with Crippen LogP contribution in [0.3, 0.4) is 0 Å². The number of carbonyl (C=O) groups is 2. The average molecular weight is 416 g/mol. The highest BCUT2D eigenvalue weighted by Crippen LogP contribution is 2.40. The summed E-state index contributed by atoms with van der Waals surface area (Å²) in [6.45, 7) is 4.14. The van der Waals surface area contributed by atoms with E-state index in [1.54, 1.807) is 14.0 Å². The number of aliphatic hydroxyl groups excluding tert-OH is 1. The molecule has 3 rings (SSSR count). The molecule has 8 heteroatoms. The molecule has 0 aliphatic carbocycles. The first-order valence-corrected chi connectivity index (χ1v) is 10.1. The minimum Gasteiger partial charge on any atom is -0.503 e. The molecule has 0 fully saturated rings. The number of ketones is 1. The second-order valence-corrected chi connectivity index (χ2v) is 8.32. The van der Waals surface area contributed by atoms with E-state index in [-0.39, 0.29) is 17.9 Å². The summed E-state index contributed by atoms with van der Waals surface area (Å²) in [5, 5.41) is 11.4. The van der Waals surface area contributed by atoms with Crippen molar-refractivity contribution >= 4 is 28.7 Å². The Morgan fingerprint density at radius 1 is 1.28 bits per heavy atom. The molecule has 154 valence electrons. The highest BCUT2D eigenvalue weighted by Gasteiger charge is 2.44. The number of rotatable bonds is 7. The van der Waals surface area contributed by atoms with Crippen molar-refractivity contribution in [3.63, 3.8) is 0 Å². The van der Waals surface area contributed by atoms with Crippen LogP contribution in [0.15, 0.2) is 35.6 Å². The molecule has 1 atom stereocenters. The Hall–Kier alpha value is -2.71. The molecule has 0 bridgehead atoms. The quantitative estimate of drug-likeness (QED) is 0.700. The van der Waals surface area contributed by atoms with Crippen LogP contribution in [0.2, 0.25) is 0 Å². The van der Waals surface area contributed by atoms with Crippen LogP contribution in [-0.4, -0.2) is 61.0 Å². The zero-order valence-corrected chi connectivity index (χ0v) is 18.0. The van der Waals surface area contributed by atoms with Crippen LogP contribution in [0, 0.1) is 13.8 Å². The van der Waals surface area contributed by atoms with Gasteiger partial charge in [0.05, 0.1) is 33.8 Å². The molecule has 1 aliphatic heterocycles. The molecular weight excluding hydrogens is 390 g/mol. The predicted octanol–water partition coefficient (Wildman–Crippen LogP) is 3.05. The van der Waals surface area contributed by atoms with Crippen molar-refractivity contribution in [2.24, 2.45) is 0 Å². The van der Waals surface area contributed by atoms with E-state index in [0.717, 1.165) is 16.3 Å². The number of nitrogens with zero attached hydrogens (tertiary/aromatic N) is 3. The maximum atomic E-state index is 13.3. The Morgan fingerprint density at radius 2 is 1.93 bits per heavy atom. The van der Waals surface area contributed by atoms with Gasteiger partial charge in [-0.15, -0.1) is 11.3 Å². The van der Waals surface area contributed by atoms with Gasteiger partial charge in [0.15, 0.2) is 5.76 Å². The van der Waals surface area contributed by atoms with Crippen molar-refractivity contribution in [2.45, 2.75) is 19.9 Å². The zero-order chi connectivity index (χ0) is 21.3. The molecule has 7 nitrogen and oxygen atoms in total. The highest BCUT2D eigenvalue weighted by atomic mass is 32.1. The molecule has 1 amide bonds. The number of aryl methyl sites for hydroxylation is 2. The summed E-state index contributed by atoms with van der Waals surface area (Å²) >= 11 is 1.27. The van der Waals surface area contributed by atoms with Crippen LogP contribution < -0.4 is 4.90 Å². The molecule has 2 aromatic rings. The first-order valence-electron chi connectivity index (χ1n) is 9.25. The first-order chi connectivity index (χ1) is 13.8. The molecule has 1 aromatic heterocycles. The van der Waals surface area contributed by atoms with Crippen molar-refractivity contribution in [2.75, 3.05) is 39.3 Å². The van der Waals surface area contributed by atoms with Gasteiger partial charge in [0.25, 0.3) is 5.91 Å². The Balaban J connectivity index is 2.08. The second-order valence-electron chi connectivity index (χ2n) is 7.12. The number of hydrogen-bond donors (Lipinski definition) is 1. The Kier molecular flexibility index (Phi) is 6.04. The van der Waals surface area contributed by atoms with Crippen LogP contribution in [-0.2, 0) is 9.53 Å². The lowest BCUT2D eigenvalue weighted by Crippen LogP contribution is -2.34. The third-order valence-corrected chi connectivity index (χ3v) is 5.99. The van der Waals surface area contributed by atoms with E-state index in [2.05, 4.69) is 4.98 Å². The Bertz CT molecular complexity index is 963. The van der Waals surface area contributed by atoms with Crippen LogP contribution in [0.5, 0.6) is 0 Å². The van der Waals surface area contributed by atoms with Crippen LogP contribution >= 0.6 is 11.3 Å². The SMILES string of the molecule is COCCN1C(=O)C(O)=C(C(=O)c2sc(C)nc2C)C1c1ccc(N(C)C)cc1. The molecule has 0 spiro atoms. The summed E-state index contributed by atoms with van der Waals surface area (Å²) in [6, 6.07) is 6.93. The molecule has 2 heterocycles. The predicted molar refractivity (Wildman–Crippen MR) is 113 cm³/mol. The number of amides is 1. The first kappa shape index (κ1) is 21.0. The van der Waals surface area contributed by atoms with Gasteiger partial charge >= 0.3 is 0 Å². The van der Waals surface area contributed by atoms with Crippen LogP contribution in [0.25, 0.3) is 0 Å². The van der Waals surface area contributed by atoms with Crippen molar-refractivity contribution < 1.29 is 19.4 Å². The molecule has 0 saturated heterocycles. The smallest absolute Gasteiger partial charge is 0.290 e. The number of ether oxygens (including phenoxy) is 1. The number of carbonyl (C=O) groups excluding carboxylic acids is 2. The van der Waals surface area contributed by atoms with E-state index >= 15 is 0 Å². The lowest BCUT2D eigenvalue weighted by Gasteiger charge is -2.27. The average Bonchev–Trinajstić information content (AvgIpc) is 3.16. The molecule has 1 aliphatic rings. The van der Waals surface area contributed by atoms with Gasteiger partial charge in [-0.05, 0) is 31.5 Å². The van der Waals surface area contributed by atoms with E-state index < -0.39 is 17.7 Å². The maximum Gasteiger partial charge on any atom is 0.290 e. The van der Waals surface area contributed by atoms with Gasteiger partial charge in [-0.2, -0.15) is 0 Å². The minimum absolute atomic E-state index is 0.0930. The van der Waals surface area contributed by atoms with Crippen molar-refractivity contribution in [3.8, 4) is 0 Å². The Morgan fingerprint density at radius 3 is 2.45 bits per heavy atom. The third kappa shape index (κ3) is 3.90. The number of aromatic nitrogens is 1. The molecule has 1 aromatic carbocycles. The summed E-state index contributed by atoms with van der Waals surface area (Å²) in [4.78, 5) is 34.4. The van der Waals surface area contributed by atoms with Gasteiger partial charge in [-0.3, -0.25) is 9.59 Å². The van der Waals surface area contributed by atoms with Gasteiger partial charge in [0, 0.05) is 33.4 Å². The zero-order valence-electron chi connectivity index (χ0n) is 17.2. The molecule has 0 radical (unpaired) electrons. The number of methoxy groups -OCH3 is 1. The third-order valence-electron chi connectivity index (χ3n) is 4.92. The number of benzene rings is 1. The number of thiazole rings is 1. The van der Waals surface area contributed by atoms with Gasteiger partial charge in [-0.1, -0.05) is 12.1 Å². The molecule has 29 heavy (non-hydrogen) atoms. The van der Waals surface area contributed by atoms with E-state index in [9.17, 15) is 14.7 Å². The summed E-state index contributed by atoms with van der Waals surface area (Å²) < 4.78 is 5.13. The number of hydrogen-bond acceptors (Lipinski definition) is 7. The summed E-state index contributed by atoms with van der Waals surface area (Å²) in [5.74, 6) is -1.43. The molecule has 1 unspecified atom stereocenters. The van der Waals surface area contributed by atoms with Crippen molar-refractivity contribution in [3.05, 3.63) is 56.7 Å². The van der Waals surface area contributed by atoms with E-state index in [1.165, 1.54) is 16.2 Å². The van der Waals surface area contributed by atoms with Gasteiger partial charge in [-0.25, -0.2) is 4.98 Å². The number of anilines is 1. The summed E-state index contributed by atoms with van der Waals surface area (Å²) in [6.07, 6.45) is 0. The summed E-state index contributed by atoms with van der Waals surface area (Å²) in [5.41, 5.74) is 2.45. The minimum atomic E-state index is -0.678. The monoisotopic (exact) mass is 415 g/mol. The van der Waals surface area contributed by atoms with Gasteiger partial charge < -0.3 is 19.6 Å². The topological polar surface area (TPSA) is 83.0 Å². The number of aliphatic hydroxyl groups is 1. The van der Waals surface area contributed by atoms with E-state index in [1.807, 2.05) is 50.2 Å². The molecular formula is C21H25N3O4S. The van der Waals surface area contributed by atoms with Crippen molar-refractivity contribution in [1.82, 2.24) is 9.88 Å². The van der Waals surface area contributed by atoms with Crippen LogP contribution in [0.1, 0.15) is 32.0 Å².